The Bertz CT molecular complexity index is 395. The Morgan fingerprint density at radius 2 is 2.07 bits per heavy atom. The van der Waals surface area contributed by atoms with Gasteiger partial charge in [0.2, 0.25) is 9.84 Å². The molecule has 0 fully saturated rings. The van der Waals surface area contributed by atoms with Gasteiger partial charge in [0.1, 0.15) is 6.26 Å². The molecule has 0 atom stereocenters. The number of aryl methyl sites for hydroxylation is 1. The van der Waals surface area contributed by atoms with E-state index < -0.39 is 9.84 Å². The molecule has 0 aromatic carbocycles. The van der Waals surface area contributed by atoms with Crippen LogP contribution in [0.25, 0.3) is 0 Å². The Morgan fingerprint density at radius 1 is 1.33 bits per heavy atom. The molecule has 1 aromatic rings. The molecule has 5 heteroatoms. The van der Waals surface area contributed by atoms with E-state index in [1.54, 1.807) is 6.92 Å². The first-order valence-corrected chi connectivity index (χ1v) is 6.86. The van der Waals surface area contributed by atoms with Crippen LogP contribution >= 0.6 is 0 Å². The number of sulfone groups is 1. The van der Waals surface area contributed by atoms with Gasteiger partial charge in [-0.25, -0.2) is 13.4 Å². The van der Waals surface area contributed by atoms with Crippen LogP contribution in [0, 0.1) is 6.92 Å². The lowest BCUT2D eigenvalue weighted by Gasteiger charge is -1.99. The van der Waals surface area contributed by atoms with Gasteiger partial charge < -0.3 is 4.42 Å². The minimum atomic E-state index is -3.30. The van der Waals surface area contributed by atoms with Crippen LogP contribution in [-0.2, 0) is 9.84 Å². The molecule has 1 heterocycles. The van der Waals surface area contributed by atoms with Gasteiger partial charge >= 0.3 is 5.22 Å². The third kappa shape index (κ3) is 3.66. The van der Waals surface area contributed by atoms with E-state index in [0.717, 1.165) is 19.3 Å². The van der Waals surface area contributed by atoms with Gasteiger partial charge in [-0.2, -0.15) is 0 Å². The fourth-order valence-electron chi connectivity index (χ4n) is 1.28. The predicted octanol–water partition coefficient (Wildman–Crippen LogP) is 2.34. The molecule has 0 saturated heterocycles. The van der Waals surface area contributed by atoms with Gasteiger partial charge in [-0.3, -0.25) is 0 Å². The van der Waals surface area contributed by atoms with Crippen molar-refractivity contribution >= 4 is 9.84 Å². The van der Waals surface area contributed by atoms with Crippen LogP contribution in [-0.4, -0.2) is 19.2 Å². The minimum Gasteiger partial charge on any atom is -0.436 e. The zero-order valence-corrected chi connectivity index (χ0v) is 10.0. The van der Waals surface area contributed by atoms with E-state index in [1.807, 2.05) is 0 Å². The Hall–Kier alpha value is -0.840. The van der Waals surface area contributed by atoms with E-state index in [2.05, 4.69) is 11.9 Å². The van der Waals surface area contributed by atoms with E-state index in [-0.39, 0.29) is 11.0 Å². The fourth-order valence-corrected chi connectivity index (χ4v) is 2.52. The summed E-state index contributed by atoms with van der Waals surface area (Å²) in [5, 5.41) is -0.142. The van der Waals surface area contributed by atoms with Crippen molar-refractivity contribution in [2.45, 2.75) is 44.8 Å². The second kappa shape index (κ2) is 5.30. The van der Waals surface area contributed by atoms with Gasteiger partial charge in [-0.1, -0.05) is 26.2 Å². The summed E-state index contributed by atoms with van der Waals surface area (Å²) in [7, 11) is -3.30. The van der Waals surface area contributed by atoms with Crippen molar-refractivity contribution in [2.24, 2.45) is 0 Å². The smallest absolute Gasteiger partial charge is 0.315 e. The molecule has 4 nitrogen and oxygen atoms in total. The monoisotopic (exact) mass is 231 g/mol. The molecule has 0 bridgehead atoms. The molecule has 0 saturated carbocycles. The number of nitrogens with zero attached hydrogens (tertiary/aromatic N) is 1. The Labute approximate surface area is 90.6 Å². The first-order valence-electron chi connectivity index (χ1n) is 5.21. The van der Waals surface area contributed by atoms with Gasteiger partial charge in [0.05, 0.1) is 11.4 Å². The Balaban J connectivity index is 2.53. The van der Waals surface area contributed by atoms with Crippen molar-refractivity contribution < 1.29 is 12.8 Å². The standard InChI is InChI=1S/C10H17NO3S/c1-3-4-5-6-7-15(12,13)10-11-9(2)8-14-10/h8H,3-7H2,1-2H3. The number of aromatic nitrogens is 1. The van der Waals surface area contributed by atoms with Crippen LogP contribution in [0.3, 0.4) is 0 Å². The Morgan fingerprint density at radius 3 is 2.60 bits per heavy atom. The zero-order valence-electron chi connectivity index (χ0n) is 9.19. The van der Waals surface area contributed by atoms with Gasteiger partial charge in [-0.15, -0.1) is 0 Å². The van der Waals surface area contributed by atoms with E-state index >= 15 is 0 Å². The molecule has 1 rings (SSSR count). The molecule has 0 aliphatic heterocycles. The minimum absolute atomic E-state index is 0.132. The Kier molecular flexibility index (Phi) is 4.32. The molecule has 0 amide bonds. The van der Waals surface area contributed by atoms with Crippen LogP contribution in [0.5, 0.6) is 0 Å². The summed E-state index contributed by atoms with van der Waals surface area (Å²) in [5.74, 6) is 0.132. The molecule has 0 aliphatic carbocycles. The van der Waals surface area contributed by atoms with Crippen LogP contribution in [0.4, 0.5) is 0 Å². The maximum atomic E-state index is 11.7. The molecule has 15 heavy (non-hydrogen) atoms. The summed E-state index contributed by atoms with van der Waals surface area (Å²) in [5.41, 5.74) is 0.599. The second-order valence-corrected chi connectivity index (χ2v) is 5.62. The quantitative estimate of drug-likeness (QED) is 0.705. The van der Waals surface area contributed by atoms with E-state index in [0.29, 0.717) is 12.1 Å². The van der Waals surface area contributed by atoms with Gasteiger partial charge in [0.15, 0.2) is 0 Å². The molecule has 0 unspecified atom stereocenters. The summed E-state index contributed by atoms with van der Waals surface area (Å²) in [6, 6.07) is 0. The molecule has 86 valence electrons. The maximum absolute atomic E-state index is 11.7. The van der Waals surface area contributed by atoms with Crippen molar-refractivity contribution in [2.75, 3.05) is 5.75 Å². The van der Waals surface area contributed by atoms with Crippen LogP contribution < -0.4 is 0 Å². The predicted molar refractivity (Wildman–Crippen MR) is 57.4 cm³/mol. The van der Waals surface area contributed by atoms with Crippen molar-refractivity contribution in [3.05, 3.63) is 12.0 Å². The van der Waals surface area contributed by atoms with Crippen molar-refractivity contribution in [1.82, 2.24) is 4.98 Å². The summed E-state index contributed by atoms with van der Waals surface area (Å²) in [6.07, 6.45) is 5.14. The second-order valence-electron chi connectivity index (χ2n) is 3.63. The highest BCUT2D eigenvalue weighted by Crippen LogP contribution is 2.12. The highest BCUT2D eigenvalue weighted by molar-refractivity contribution is 7.91. The van der Waals surface area contributed by atoms with Crippen molar-refractivity contribution in [3.8, 4) is 0 Å². The summed E-state index contributed by atoms with van der Waals surface area (Å²) in [6.45, 7) is 3.80. The molecule has 0 spiro atoms. The molecule has 0 N–H and O–H groups in total. The largest absolute Gasteiger partial charge is 0.436 e. The SMILES string of the molecule is CCCCCCS(=O)(=O)c1nc(C)co1. The molecule has 0 radical (unpaired) electrons. The van der Waals surface area contributed by atoms with E-state index in [4.69, 9.17) is 4.42 Å². The fraction of sp³-hybridized carbons (Fsp3) is 0.700. The van der Waals surface area contributed by atoms with Crippen molar-refractivity contribution in [1.29, 1.82) is 0 Å². The number of rotatable bonds is 6. The van der Waals surface area contributed by atoms with E-state index in [1.165, 1.54) is 6.26 Å². The molecular weight excluding hydrogens is 214 g/mol. The zero-order chi connectivity index (χ0) is 11.3. The number of oxazole rings is 1. The van der Waals surface area contributed by atoms with Crippen LogP contribution in [0.15, 0.2) is 15.9 Å². The lowest BCUT2D eigenvalue weighted by Crippen LogP contribution is -2.07. The molecule has 1 aromatic heterocycles. The highest BCUT2D eigenvalue weighted by Gasteiger charge is 2.19. The molecular formula is C10H17NO3S. The topological polar surface area (TPSA) is 60.2 Å². The third-order valence-corrected chi connectivity index (χ3v) is 3.68. The van der Waals surface area contributed by atoms with Crippen LogP contribution in [0.1, 0.15) is 38.3 Å². The van der Waals surface area contributed by atoms with Gasteiger partial charge in [0, 0.05) is 0 Å². The van der Waals surface area contributed by atoms with Crippen LogP contribution in [0.2, 0.25) is 0 Å². The normalized spacial score (nSPS) is 11.9. The van der Waals surface area contributed by atoms with Gasteiger partial charge in [0.25, 0.3) is 0 Å². The average molecular weight is 231 g/mol. The maximum Gasteiger partial charge on any atom is 0.315 e. The van der Waals surface area contributed by atoms with E-state index in [9.17, 15) is 8.42 Å². The van der Waals surface area contributed by atoms with Gasteiger partial charge in [-0.05, 0) is 13.3 Å². The number of hydrogen-bond acceptors (Lipinski definition) is 4. The summed E-state index contributed by atoms with van der Waals surface area (Å²) in [4.78, 5) is 3.83. The lowest BCUT2D eigenvalue weighted by atomic mass is 10.2. The number of unbranched alkanes of at least 4 members (excludes halogenated alkanes) is 3. The first kappa shape index (κ1) is 12.2. The lowest BCUT2D eigenvalue weighted by molar-refractivity contribution is 0.429. The highest BCUT2D eigenvalue weighted by atomic mass is 32.2. The molecule has 0 aliphatic rings. The summed E-state index contributed by atoms with van der Waals surface area (Å²) < 4.78 is 28.2. The average Bonchev–Trinajstić information content (AvgIpc) is 2.60. The van der Waals surface area contributed by atoms with Crippen molar-refractivity contribution in [3.63, 3.8) is 0 Å². The third-order valence-electron chi connectivity index (χ3n) is 2.13. The summed E-state index contributed by atoms with van der Waals surface area (Å²) >= 11 is 0. The number of hydrogen-bond donors (Lipinski definition) is 0. The first-order chi connectivity index (χ1) is 7.06.